The Morgan fingerprint density at radius 2 is 1.09 bits per heavy atom. The molecule has 0 saturated heterocycles. The summed E-state index contributed by atoms with van der Waals surface area (Å²) in [4.78, 5) is 7.24. The molecule has 222 valence electrons. The van der Waals surface area contributed by atoms with Crippen molar-refractivity contribution in [3.05, 3.63) is 170 Å². The number of hydrogen-bond donors (Lipinski definition) is 0. The summed E-state index contributed by atoms with van der Waals surface area (Å²) >= 11 is 1.79. The van der Waals surface area contributed by atoms with Crippen molar-refractivity contribution in [2.24, 2.45) is 0 Å². The lowest BCUT2D eigenvalue weighted by molar-refractivity contribution is 0.620. The van der Waals surface area contributed by atoms with Crippen LogP contribution in [0.2, 0.25) is 0 Å². The van der Waals surface area contributed by atoms with E-state index in [1.807, 2.05) is 30.3 Å². The van der Waals surface area contributed by atoms with Crippen LogP contribution in [0.3, 0.4) is 0 Å². The molecule has 4 heteroatoms. The van der Waals surface area contributed by atoms with Gasteiger partial charge in [0.25, 0.3) is 0 Å². The number of nitrogens with zero attached hydrogens (tertiary/aromatic N) is 2. The van der Waals surface area contributed by atoms with Gasteiger partial charge in [-0.3, -0.25) is 0 Å². The van der Waals surface area contributed by atoms with Crippen LogP contribution in [-0.4, -0.2) is 4.98 Å². The SMILES string of the molecule is c1ccc(-c2ccc(N(c3cccc(-c4ccccc4)c3)c3cccc4sc5cc6nc(-c7ccccc7)oc6cc5c34)cc2)cc1. The Morgan fingerprint density at radius 3 is 1.81 bits per heavy atom. The van der Waals surface area contributed by atoms with Crippen LogP contribution in [0.4, 0.5) is 17.1 Å². The van der Waals surface area contributed by atoms with Crippen molar-refractivity contribution in [1.29, 1.82) is 0 Å². The second-order valence-electron chi connectivity index (χ2n) is 11.6. The molecule has 0 aliphatic heterocycles. The summed E-state index contributed by atoms with van der Waals surface area (Å²) < 4.78 is 8.76. The van der Waals surface area contributed by atoms with Crippen LogP contribution >= 0.6 is 11.3 Å². The van der Waals surface area contributed by atoms with E-state index in [0.717, 1.165) is 39.1 Å². The summed E-state index contributed by atoms with van der Waals surface area (Å²) in [6, 6.07) is 59.9. The fraction of sp³-hybridized carbons (Fsp3) is 0. The minimum atomic E-state index is 0.639. The minimum Gasteiger partial charge on any atom is -0.436 e. The van der Waals surface area contributed by atoms with Crippen LogP contribution in [-0.2, 0) is 0 Å². The summed E-state index contributed by atoms with van der Waals surface area (Å²) in [5.41, 5.74) is 10.7. The first-order valence-corrected chi connectivity index (χ1v) is 16.5. The minimum absolute atomic E-state index is 0.639. The molecule has 3 nitrogen and oxygen atoms in total. The number of rotatable bonds is 6. The number of aromatic nitrogens is 1. The Morgan fingerprint density at radius 1 is 0.468 bits per heavy atom. The van der Waals surface area contributed by atoms with E-state index in [1.165, 1.54) is 37.0 Å². The molecule has 2 heterocycles. The molecule has 0 aliphatic rings. The molecular formula is C43H28N2OS. The van der Waals surface area contributed by atoms with E-state index in [9.17, 15) is 0 Å². The quantitative estimate of drug-likeness (QED) is 0.185. The van der Waals surface area contributed by atoms with Crippen molar-refractivity contribution >= 4 is 59.7 Å². The number of anilines is 3. The average molecular weight is 621 g/mol. The molecule has 0 unspecified atom stereocenters. The van der Waals surface area contributed by atoms with Gasteiger partial charge in [0.2, 0.25) is 5.89 Å². The van der Waals surface area contributed by atoms with E-state index >= 15 is 0 Å². The highest BCUT2D eigenvalue weighted by molar-refractivity contribution is 7.26. The first-order valence-electron chi connectivity index (χ1n) is 15.7. The third-order valence-electron chi connectivity index (χ3n) is 8.69. The van der Waals surface area contributed by atoms with Crippen LogP contribution in [0.25, 0.3) is 65.0 Å². The molecule has 2 aromatic heterocycles. The lowest BCUT2D eigenvalue weighted by atomic mass is 10.0. The molecule has 0 radical (unpaired) electrons. The lowest BCUT2D eigenvalue weighted by Gasteiger charge is -2.27. The molecule has 0 aliphatic carbocycles. The van der Waals surface area contributed by atoms with Gasteiger partial charge in [0.1, 0.15) is 5.52 Å². The maximum atomic E-state index is 6.35. The molecular weight excluding hydrogens is 593 g/mol. The molecule has 9 aromatic rings. The lowest BCUT2D eigenvalue weighted by Crippen LogP contribution is -2.10. The first-order chi connectivity index (χ1) is 23.3. The van der Waals surface area contributed by atoms with Gasteiger partial charge in [0, 0.05) is 37.1 Å². The van der Waals surface area contributed by atoms with Gasteiger partial charge in [-0.05, 0) is 82.9 Å². The summed E-state index contributed by atoms with van der Waals surface area (Å²) in [6.07, 6.45) is 0. The third-order valence-corrected chi connectivity index (χ3v) is 9.81. The van der Waals surface area contributed by atoms with Gasteiger partial charge in [-0.25, -0.2) is 4.98 Å². The molecule has 7 aromatic carbocycles. The smallest absolute Gasteiger partial charge is 0.227 e. The molecule has 0 bridgehead atoms. The topological polar surface area (TPSA) is 29.3 Å². The summed E-state index contributed by atoms with van der Waals surface area (Å²) in [6.45, 7) is 0. The van der Waals surface area contributed by atoms with Gasteiger partial charge in [-0.15, -0.1) is 11.3 Å². The number of benzene rings is 7. The summed E-state index contributed by atoms with van der Waals surface area (Å²) in [7, 11) is 0. The van der Waals surface area contributed by atoms with Crippen molar-refractivity contribution in [1.82, 2.24) is 4.98 Å². The largest absolute Gasteiger partial charge is 0.436 e. The predicted molar refractivity (Wildman–Crippen MR) is 198 cm³/mol. The monoisotopic (exact) mass is 620 g/mol. The van der Waals surface area contributed by atoms with Gasteiger partial charge in [0.15, 0.2) is 5.58 Å². The highest BCUT2D eigenvalue weighted by Gasteiger charge is 2.20. The van der Waals surface area contributed by atoms with E-state index in [0.29, 0.717) is 5.89 Å². The number of fused-ring (bicyclic) bond motifs is 4. The third kappa shape index (κ3) is 4.96. The van der Waals surface area contributed by atoms with Gasteiger partial charge in [-0.2, -0.15) is 0 Å². The highest BCUT2D eigenvalue weighted by Crippen LogP contribution is 2.46. The van der Waals surface area contributed by atoms with Gasteiger partial charge in [0.05, 0.1) is 5.69 Å². The van der Waals surface area contributed by atoms with Crippen LogP contribution < -0.4 is 4.90 Å². The number of oxazole rings is 1. The van der Waals surface area contributed by atoms with Crippen molar-refractivity contribution in [2.45, 2.75) is 0 Å². The van der Waals surface area contributed by atoms with Crippen LogP contribution in [0.5, 0.6) is 0 Å². The highest BCUT2D eigenvalue weighted by atomic mass is 32.1. The fourth-order valence-electron chi connectivity index (χ4n) is 6.43. The Kier molecular flexibility index (Phi) is 6.65. The maximum absolute atomic E-state index is 6.35. The van der Waals surface area contributed by atoms with E-state index in [4.69, 9.17) is 9.40 Å². The van der Waals surface area contributed by atoms with Crippen molar-refractivity contribution in [2.75, 3.05) is 4.90 Å². The Hall–Kier alpha value is -5.97. The normalized spacial score (nSPS) is 11.4. The second kappa shape index (κ2) is 11.4. The standard InChI is InChI=1S/C43H28N2OS/c1-4-12-29(13-5-1)31-22-24-34(25-23-31)45(35-19-10-18-33(26-35)30-14-6-2-7-15-30)38-20-11-21-40-42(38)36-27-39-37(28-41(36)47-40)44-43(46-39)32-16-8-3-9-17-32/h1-28H. The molecule has 0 atom stereocenters. The second-order valence-corrected chi connectivity index (χ2v) is 12.7. The Balaban J connectivity index is 1.25. The van der Waals surface area contributed by atoms with E-state index in [2.05, 4.69) is 144 Å². The number of hydrogen-bond acceptors (Lipinski definition) is 4. The molecule has 0 spiro atoms. The molecule has 0 fully saturated rings. The average Bonchev–Trinajstić information content (AvgIpc) is 3.73. The van der Waals surface area contributed by atoms with Crippen LogP contribution in [0, 0.1) is 0 Å². The van der Waals surface area contributed by atoms with Crippen molar-refractivity contribution < 1.29 is 4.42 Å². The number of thiophene rings is 1. The van der Waals surface area contributed by atoms with E-state index < -0.39 is 0 Å². The van der Waals surface area contributed by atoms with Gasteiger partial charge in [-0.1, -0.05) is 109 Å². The van der Waals surface area contributed by atoms with E-state index in [-0.39, 0.29) is 0 Å². The fourth-order valence-corrected chi connectivity index (χ4v) is 7.58. The Bertz CT molecular complexity index is 2500. The summed E-state index contributed by atoms with van der Waals surface area (Å²) in [5.74, 6) is 0.639. The van der Waals surface area contributed by atoms with Crippen molar-refractivity contribution in [3.8, 4) is 33.7 Å². The van der Waals surface area contributed by atoms with Crippen molar-refractivity contribution in [3.63, 3.8) is 0 Å². The Labute approximate surface area is 276 Å². The zero-order valence-electron chi connectivity index (χ0n) is 25.4. The molecule has 0 saturated carbocycles. The zero-order chi connectivity index (χ0) is 31.2. The summed E-state index contributed by atoms with van der Waals surface area (Å²) in [5, 5.41) is 2.36. The van der Waals surface area contributed by atoms with Crippen LogP contribution in [0.1, 0.15) is 0 Å². The van der Waals surface area contributed by atoms with Gasteiger partial charge < -0.3 is 9.32 Å². The molecule has 0 N–H and O–H groups in total. The predicted octanol–water partition coefficient (Wildman–Crippen LogP) is 12.7. The van der Waals surface area contributed by atoms with Crippen LogP contribution in [0.15, 0.2) is 174 Å². The van der Waals surface area contributed by atoms with E-state index in [1.54, 1.807) is 11.3 Å². The molecule has 0 amide bonds. The first kappa shape index (κ1) is 27.3. The zero-order valence-corrected chi connectivity index (χ0v) is 26.2. The molecule has 9 rings (SSSR count). The van der Waals surface area contributed by atoms with Gasteiger partial charge >= 0.3 is 0 Å². The maximum Gasteiger partial charge on any atom is 0.227 e. The molecule has 47 heavy (non-hydrogen) atoms.